The molecule has 0 aromatic carbocycles. The number of aromatic carboxylic acids is 1. The van der Waals surface area contributed by atoms with Gasteiger partial charge in [0.05, 0.1) is 0 Å². The summed E-state index contributed by atoms with van der Waals surface area (Å²) in [6.07, 6.45) is 1.29. The standard InChI is InChI=1S/C10H9NO3/c1-5-2-3-7-8(5)9(12)6(4-11-7)10(13)14/h2-4,11-12H,1H3,(H,13,14). The van der Waals surface area contributed by atoms with Gasteiger partial charge in [0.15, 0.2) is 0 Å². The van der Waals surface area contributed by atoms with E-state index in [1.165, 1.54) is 6.20 Å². The van der Waals surface area contributed by atoms with Crippen molar-refractivity contribution in [2.24, 2.45) is 0 Å². The second kappa shape index (κ2) is 2.77. The molecule has 0 saturated carbocycles. The summed E-state index contributed by atoms with van der Waals surface area (Å²) in [6, 6.07) is 3.63. The number of rotatable bonds is 1. The highest BCUT2D eigenvalue weighted by Crippen LogP contribution is 2.36. The Hall–Kier alpha value is -1.97. The number of aryl methyl sites for hydroxylation is 1. The second-order valence-electron chi connectivity index (χ2n) is 3.16. The van der Waals surface area contributed by atoms with Gasteiger partial charge in [-0.25, -0.2) is 4.79 Å². The molecule has 0 bridgehead atoms. The maximum absolute atomic E-state index is 10.7. The van der Waals surface area contributed by atoms with Crippen molar-refractivity contribution in [2.75, 3.05) is 0 Å². The van der Waals surface area contributed by atoms with Gasteiger partial charge >= 0.3 is 5.97 Å². The molecule has 1 heterocycles. The third-order valence-corrected chi connectivity index (χ3v) is 2.26. The van der Waals surface area contributed by atoms with Crippen LogP contribution in [0.2, 0.25) is 0 Å². The minimum Gasteiger partial charge on any atom is -0.506 e. The Kier molecular flexibility index (Phi) is 1.70. The Morgan fingerprint density at radius 2 is 2.14 bits per heavy atom. The van der Waals surface area contributed by atoms with E-state index in [4.69, 9.17) is 5.11 Å². The SMILES string of the molecule is Cc1ccc2[nH]cc(C(=O)O)c(O)c1-2. The summed E-state index contributed by atoms with van der Waals surface area (Å²) in [6.45, 7) is 1.82. The first-order valence-electron chi connectivity index (χ1n) is 4.14. The lowest BCUT2D eigenvalue weighted by atomic mass is 10.1. The average molecular weight is 191 g/mol. The lowest BCUT2D eigenvalue weighted by Crippen LogP contribution is -1.99. The predicted molar refractivity (Wildman–Crippen MR) is 50.8 cm³/mol. The van der Waals surface area contributed by atoms with Crippen LogP contribution in [-0.2, 0) is 0 Å². The summed E-state index contributed by atoms with van der Waals surface area (Å²) in [5.74, 6) is -1.31. The molecule has 2 aliphatic rings. The molecule has 0 saturated heterocycles. The highest BCUT2D eigenvalue weighted by Gasteiger charge is 2.18. The van der Waals surface area contributed by atoms with E-state index in [2.05, 4.69) is 4.98 Å². The van der Waals surface area contributed by atoms with Gasteiger partial charge < -0.3 is 15.2 Å². The Balaban J connectivity index is 2.79. The van der Waals surface area contributed by atoms with Crippen LogP contribution >= 0.6 is 0 Å². The fourth-order valence-corrected chi connectivity index (χ4v) is 1.54. The molecule has 4 heteroatoms. The molecule has 3 N–H and O–H groups in total. The minimum absolute atomic E-state index is 0.105. The number of carboxylic acids is 1. The molecule has 0 fully saturated rings. The number of hydrogen-bond acceptors (Lipinski definition) is 2. The molecule has 1 aliphatic carbocycles. The maximum Gasteiger partial charge on any atom is 0.341 e. The summed E-state index contributed by atoms with van der Waals surface area (Å²) in [4.78, 5) is 13.5. The van der Waals surface area contributed by atoms with Gasteiger partial charge in [0.25, 0.3) is 0 Å². The topological polar surface area (TPSA) is 73.3 Å². The van der Waals surface area contributed by atoms with Crippen LogP contribution in [0.1, 0.15) is 15.9 Å². The van der Waals surface area contributed by atoms with E-state index in [0.29, 0.717) is 5.56 Å². The van der Waals surface area contributed by atoms with Crippen molar-refractivity contribution in [2.45, 2.75) is 6.92 Å². The average Bonchev–Trinajstić information content (AvgIpc) is 2.48. The van der Waals surface area contributed by atoms with Crippen molar-refractivity contribution in [1.82, 2.24) is 4.98 Å². The van der Waals surface area contributed by atoms with Crippen molar-refractivity contribution < 1.29 is 15.0 Å². The Bertz CT molecular complexity index is 473. The maximum atomic E-state index is 10.7. The molecule has 0 atom stereocenters. The van der Waals surface area contributed by atoms with Crippen LogP contribution in [-0.4, -0.2) is 21.2 Å². The number of nitrogens with one attached hydrogen (secondary N) is 1. The number of carbonyl (C=O) groups is 1. The van der Waals surface area contributed by atoms with Crippen LogP contribution in [0.25, 0.3) is 11.3 Å². The molecule has 0 aromatic rings. The summed E-state index contributed by atoms with van der Waals surface area (Å²) in [7, 11) is 0. The largest absolute Gasteiger partial charge is 0.506 e. The molecule has 0 amide bonds. The van der Waals surface area contributed by atoms with Crippen molar-refractivity contribution in [1.29, 1.82) is 0 Å². The van der Waals surface area contributed by atoms with Crippen LogP contribution in [0.3, 0.4) is 0 Å². The van der Waals surface area contributed by atoms with Crippen molar-refractivity contribution in [3.05, 3.63) is 29.5 Å². The number of H-pyrrole nitrogens is 1. The monoisotopic (exact) mass is 191 g/mol. The van der Waals surface area contributed by atoms with Crippen LogP contribution in [0.15, 0.2) is 18.3 Å². The zero-order valence-corrected chi connectivity index (χ0v) is 7.53. The van der Waals surface area contributed by atoms with E-state index in [1.54, 1.807) is 6.07 Å². The third-order valence-electron chi connectivity index (χ3n) is 2.26. The Morgan fingerprint density at radius 1 is 1.43 bits per heavy atom. The van der Waals surface area contributed by atoms with E-state index in [9.17, 15) is 9.90 Å². The number of pyridine rings is 1. The van der Waals surface area contributed by atoms with Gasteiger partial charge in [0.2, 0.25) is 0 Å². The van der Waals surface area contributed by atoms with Crippen molar-refractivity contribution in [3.8, 4) is 17.0 Å². The molecule has 0 spiro atoms. The van der Waals surface area contributed by atoms with E-state index >= 15 is 0 Å². The van der Waals surface area contributed by atoms with E-state index in [1.807, 2.05) is 13.0 Å². The molecular formula is C10H9NO3. The van der Waals surface area contributed by atoms with Gasteiger partial charge in [-0.05, 0) is 18.6 Å². The fourth-order valence-electron chi connectivity index (χ4n) is 1.54. The molecule has 1 aliphatic heterocycles. The zero-order chi connectivity index (χ0) is 10.3. The van der Waals surface area contributed by atoms with Crippen LogP contribution in [0.4, 0.5) is 0 Å². The van der Waals surface area contributed by atoms with E-state index < -0.39 is 5.97 Å². The van der Waals surface area contributed by atoms with Crippen LogP contribution < -0.4 is 0 Å². The molecule has 2 rings (SSSR count). The second-order valence-corrected chi connectivity index (χ2v) is 3.16. The number of fused-ring (bicyclic) bond motifs is 1. The quantitative estimate of drug-likeness (QED) is 0.643. The number of carboxylic acid groups (broad SMARTS) is 1. The summed E-state index contributed by atoms with van der Waals surface area (Å²) in [5, 5.41) is 18.5. The lowest BCUT2D eigenvalue weighted by Gasteiger charge is -2.07. The minimum atomic E-state index is -1.14. The molecule has 14 heavy (non-hydrogen) atoms. The predicted octanol–water partition coefficient (Wildman–Crippen LogP) is 1.83. The fraction of sp³-hybridized carbons (Fsp3) is 0.100. The summed E-state index contributed by atoms with van der Waals surface area (Å²) >= 11 is 0. The van der Waals surface area contributed by atoms with Gasteiger partial charge in [0, 0.05) is 17.5 Å². The lowest BCUT2D eigenvalue weighted by molar-refractivity contribution is 0.0693. The summed E-state index contributed by atoms with van der Waals surface area (Å²) in [5.41, 5.74) is 2.07. The van der Waals surface area contributed by atoms with Crippen molar-refractivity contribution >= 4 is 5.97 Å². The molecule has 0 radical (unpaired) electrons. The van der Waals surface area contributed by atoms with Gasteiger partial charge in [-0.1, -0.05) is 6.07 Å². The molecular weight excluding hydrogens is 182 g/mol. The number of aromatic amines is 1. The van der Waals surface area contributed by atoms with Gasteiger partial charge in [-0.3, -0.25) is 0 Å². The smallest absolute Gasteiger partial charge is 0.341 e. The number of hydrogen-bond donors (Lipinski definition) is 3. The molecule has 0 aromatic heterocycles. The zero-order valence-electron chi connectivity index (χ0n) is 7.53. The first-order valence-corrected chi connectivity index (χ1v) is 4.14. The first kappa shape index (κ1) is 8.62. The Morgan fingerprint density at radius 3 is 2.79 bits per heavy atom. The highest BCUT2D eigenvalue weighted by atomic mass is 16.4. The normalized spacial score (nSPS) is 10.6. The number of aromatic hydroxyl groups is 1. The third kappa shape index (κ3) is 1.04. The van der Waals surface area contributed by atoms with Crippen molar-refractivity contribution in [3.63, 3.8) is 0 Å². The van der Waals surface area contributed by atoms with Crippen LogP contribution in [0, 0.1) is 6.92 Å². The van der Waals surface area contributed by atoms with Gasteiger partial charge in [0.1, 0.15) is 11.3 Å². The van der Waals surface area contributed by atoms with E-state index in [0.717, 1.165) is 11.3 Å². The Labute approximate surface area is 80.2 Å². The van der Waals surface area contributed by atoms with Crippen LogP contribution in [0.5, 0.6) is 5.75 Å². The van der Waals surface area contributed by atoms with Gasteiger partial charge in [-0.15, -0.1) is 0 Å². The highest BCUT2D eigenvalue weighted by molar-refractivity contribution is 5.94. The first-order chi connectivity index (χ1) is 6.61. The van der Waals surface area contributed by atoms with E-state index in [-0.39, 0.29) is 11.3 Å². The molecule has 0 unspecified atom stereocenters. The molecule has 72 valence electrons. The summed E-state index contributed by atoms with van der Waals surface area (Å²) < 4.78 is 0. The molecule has 4 nitrogen and oxygen atoms in total. The number of aromatic nitrogens is 1. The van der Waals surface area contributed by atoms with Gasteiger partial charge in [-0.2, -0.15) is 0 Å².